The summed E-state index contributed by atoms with van der Waals surface area (Å²) in [6, 6.07) is 21.0. The standard InChI is InChI=1S/C32H28F2N4O2/c1-18-13-26(29(20-7-5-4-6-8-20)37-28(18)21-11-9-19(17-35)10-12-21)36-31(40)38-30-22-14-24(33)25(34)15-23(22)32(2,3)16-27(30)39/h4-15,27,30,39H,16H2,1-3H3,(H2,36,38,40)/t27-,30-/m1/s1. The van der Waals surface area contributed by atoms with Crippen molar-refractivity contribution in [3.63, 3.8) is 0 Å². The Balaban J connectivity index is 1.50. The number of nitrogens with zero attached hydrogens (tertiary/aromatic N) is 2. The van der Waals surface area contributed by atoms with Gasteiger partial charge in [-0.05, 0) is 65.8 Å². The van der Waals surface area contributed by atoms with Crippen molar-refractivity contribution in [2.75, 3.05) is 5.32 Å². The highest BCUT2D eigenvalue weighted by Crippen LogP contribution is 2.42. The van der Waals surface area contributed by atoms with Gasteiger partial charge in [-0.15, -0.1) is 0 Å². The topological polar surface area (TPSA) is 98.0 Å². The zero-order chi connectivity index (χ0) is 28.6. The molecule has 2 amide bonds. The maximum Gasteiger partial charge on any atom is 0.319 e. The van der Waals surface area contributed by atoms with Gasteiger partial charge in [-0.25, -0.2) is 18.6 Å². The molecule has 1 heterocycles. The van der Waals surface area contributed by atoms with Gasteiger partial charge in [0.15, 0.2) is 11.6 Å². The van der Waals surface area contributed by atoms with E-state index in [0.717, 1.165) is 28.8 Å². The molecule has 0 unspecified atom stereocenters. The molecule has 6 nitrogen and oxygen atoms in total. The second-order valence-corrected chi connectivity index (χ2v) is 10.7. The number of urea groups is 1. The number of aryl methyl sites for hydroxylation is 1. The van der Waals surface area contributed by atoms with Gasteiger partial charge in [0.05, 0.1) is 40.9 Å². The first-order valence-electron chi connectivity index (χ1n) is 12.9. The fourth-order valence-electron chi connectivity index (χ4n) is 5.36. The summed E-state index contributed by atoms with van der Waals surface area (Å²) >= 11 is 0. The van der Waals surface area contributed by atoms with Crippen molar-refractivity contribution < 1.29 is 18.7 Å². The molecule has 3 aromatic carbocycles. The van der Waals surface area contributed by atoms with E-state index in [1.807, 2.05) is 69.3 Å². The van der Waals surface area contributed by atoms with Crippen molar-refractivity contribution in [3.8, 4) is 28.6 Å². The molecule has 0 aliphatic heterocycles. The molecule has 0 saturated heterocycles. The van der Waals surface area contributed by atoms with Gasteiger partial charge in [0.2, 0.25) is 0 Å². The van der Waals surface area contributed by atoms with E-state index < -0.39 is 35.2 Å². The van der Waals surface area contributed by atoms with E-state index in [9.17, 15) is 18.7 Å². The Hall–Kier alpha value is -4.61. The third kappa shape index (κ3) is 5.16. The number of anilines is 1. The molecule has 0 saturated carbocycles. The number of aliphatic hydroxyl groups is 1. The van der Waals surface area contributed by atoms with Crippen LogP contribution < -0.4 is 10.6 Å². The Labute approximate surface area is 231 Å². The van der Waals surface area contributed by atoms with E-state index in [1.54, 1.807) is 12.1 Å². The number of nitrogens with one attached hydrogen (secondary N) is 2. The van der Waals surface area contributed by atoms with Crippen LogP contribution >= 0.6 is 0 Å². The summed E-state index contributed by atoms with van der Waals surface area (Å²) in [5, 5.41) is 25.7. The van der Waals surface area contributed by atoms with E-state index in [0.29, 0.717) is 33.8 Å². The number of aromatic nitrogens is 1. The van der Waals surface area contributed by atoms with Gasteiger partial charge < -0.3 is 15.7 Å². The second kappa shape index (κ2) is 10.5. The summed E-state index contributed by atoms with van der Waals surface area (Å²) in [6.45, 7) is 5.57. The molecule has 2 atom stereocenters. The molecule has 1 aliphatic carbocycles. The Morgan fingerprint density at radius 3 is 2.33 bits per heavy atom. The predicted molar refractivity (Wildman–Crippen MR) is 149 cm³/mol. The van der Waals surface area contributed by atoms with Crippen LogP contribution in [0, 0.1) is 29.9 Å². The van der Waals surface area contributed by atoms with Gasteiger partial charge in [0.1, 0.15) is 0 Å². The number of hydrogen-bond donors (Lipinski definition) is 3. The van der Waals surface area contributed by atoms with Crippen LogP contribution in [0.1, 0.15) is 48.6 Å². The Kier molecular flexibility index (Phi) is 7.09. The number of benzene rings is 3. The molecule has 5 rings (SSSR count). The zero-order valence-electron chi connectivity index (χ0n) is 22.3. The van der Waals surface area contributed by atoms with Crippen molar-refractivity contribution in [3.05, 3.63) is 107 Å². The van der Waals surface area contributed by atoms with E-state index in [-0.39, 0.29) is 6.42 Å². The Bertz CT molecular complexity index is 1630. The monoisotopic (exact) mass is 538 g/mol. The van der Waals surface area contributed by atoms with Crippen LogP contribution in [0.5, 0.6) is 0 Å². The molecule has 1 aromatic heterocycles. The Morgan fingerprint density at radius 2 is 1.65 bits per heavy atom. The molecule has 0 fully saturated rings. The SMILES string of the molecule is Cc1cc(NC(=O)N[C@@H]2c3cc(F)c(F)cc3C(C)(C)C[C@H]2O)c(-c2ccccc2)nc1-c1ccc(C#N)cc1. The molecule has 4 aromatic rings. The number of aliphatic hydroxyl groups excluding tert-OH is 1. The molecule has 3 N–H and O–H groups in total. The van der Waals surface area contributed by atoms with Crippen molar-refractivity contribution >= 4 is 11.7 Å². The number of fused-ring (bicyclic) bond motifs is 1. The zero-order valence-corrected chi connectivity index (χ0v) is 22.3. The van der Waals surface area contributed by atoms with E-state index >= 15 is 0 Å². The highest BCUT2D eigenvalue weighted by atomic mass is 19.2. The van der Waals surface area contributed by atoms with Gasteiger partial charge in [0.25, 0.3) is 0 Å². The molecule has 1 aliphatic rings. The lowest BCUT2D eigenvalue weighted by molar-refractivity contribution is 0.0878. The molecule has 202 valence electrons. The van der Waals surface area contributed by atoms with Gasteiger partial charge >= 0.3 is 6.03 Å². The number of carbonyl (C=O) groups excluding carboxylic acids is 1. The molecule has 40 heavy (non-hydrogen) atoms. The maximum absolute atomic E-state index is 14.2. The van der Waals surface area contributed by atoms with Gasteiger partial charge in [-0.1, -0.05) is 56.3 Å². The lowest BCUT2D eigenvalue weighted by Crippen LogP contribution is -2.45. The number of pyridine rings is 1. The molecule has 8 heteroatoms. The number of hydrogen-bond acceptors (Lipinski definition) is 4. The van der Waals surface area contributed by atoms with Crippen molar-refractivity contribution in [1.82, 2.24) is 10.3 Å². The minimum absolute atomic E-state index is 0.255. The third-order valence-corrected chi connectivity index (χ3v) is 7.34. The van der Waals surface area contributed by atoms with Gasteiger partial charge in [-0.2, -0.15) is 5.26 Å². The summed E-state index contributed by atoms with van der Waals surface area (Å²) in [6.07, 6.45) is -0.754. The average molecular weight is 539 g/mol. The quantitative estimate of drug-likeness (QED) is 0.267. The fraction of sp³-hybridized carbons (Fsp3) is 0.219. The number of nitriles is 1. The summed E-state index contributed by atoms with van der Waals surface area (Å²) in [5.41, 5.74) is 4.86. The molecule has 0 bridgehead atoms. The van der Waals surface area contributed by atoms with E-state index in [4.69, 9.17) is 10.2 Å². The number of halogens is 2. The molecular weight excluding hydrogens is 510 g/mol. The van der Waals surface area contributed by atoms with Crippen LogP contribution in [0.2, 0.25) is 0 Å². The first kappa shape index (κ1) is 27.0. The smallest absolute Gasteiger partial charge is 0.319 e. The van der Waals surface area contributed by atoms with E-state index in [1.165, 1.54) is 0 Å². The van der Waals surface area contributed by atoms with E-state index in [2.05, 4.69) is 16.7 Å². The van der Waals surface area contributed by atoms with Crippen LogP contribution in [0.4, 0.5) is 19.3 Å². The number of carbonyl (C=O) groups is 1. The number of rotatable bonds is 4. The summed E-state index contributed by atoms with van der Waals surface area (Å²) in [4.78, 5) is 18.2. The van der Waals surface area contributed by atoms with Crippen molar-refractivity contribution in [2.45, 2.75) is 44.8 Å². The van der Waals surface area contributed by atoms with Gasteiger partial charge in [-0.3, -0.25) is 0 Å². The summed E-state index contributed by atoms with van der Waals surface area (Å²) < 4.78 is 28.3. The predicted octanol–water partition coefficient (Wildman–Crippen LogP) is 6.78. The number of amides is 2. The average Bonchev–Trinajstić information content (AvgIpc) is 2.93. The molecular formula is C32H28F2N4O2. The summed E-state index contributed by atoms with van der Waals surface area (Å²) in [7, 11) is 0. The van der Waals surface area contributed by atoms with Crippen LogP contribution in [0.15, 0.2) is 72.8 Å². The highest BCUT2D eigenvalue weighted by molar-refractivity contribution is 5.94. The third-order valence-electron chi connectivity index (χ3n) is 7.34. The van der Waals surface area contributed by atoms with Gasteiger partial charge in [0, 0.05) is 11.1 Å². The Morgan fingerprint density at radius 1 is 1.00 bits per heavy atom. The molecule has 0 radical (unpaired) electrons. The largest absolute Gasteiger partial charge is 0.391 e. The summed E-state index contributed by atoms with van der Waals surface area (Å²) in [5.74, 6) is -2.01. The van der Waals surface area contributed by atoms with Crippen LogP contribution in [0.3, 0.4) is 0 Å². The minimum atomic E-state index is -1.04. The highest BCUT2D eigenvalue weighted by Gasteiger charge is 2.40. The van der Waals surface area contributed by atoms with Crippen molar-refractivity contribution in [2.24, 2.45) is 0 Å². The molecule has 0 spiro atoms. The maximum atomic E-state index is 14.2. The van der Waals surface area contributed by atoms with Crippen LogP contribution in [-0.2, 0) is 5.41 Å². The first-order valence-corrected chi connectivity index (χ1v) is 12.9. The normalized spacial score (nSPS) is 17.4. The lowest BCUT2D eigenvalue weighted by atomic mass is 9.69. The van der Waals surface area contributed by atoms with Crippen LogP contribution in [0.25, 0.3) is 22.5 Å². The van der Waals surface area contributed by atoms with Crippen LogP contribution in [-0.4, -0.2) is 22.2 Å². The van der Waals surface area contributed by atoms with Crippen molar-refractivity contribution in [1.29, 1.82) is 5.26 Å². The lowest BCUT2D eigenvalue weighted by Gasteiger charge is -2.40. The fourth-order valence-corrected chi connectivity index (χ4v) is 5.36. The second-order valence-electron chi connectivity index (χ2n) is 10.7. The minimum Gasteiger partial charge on any atom is -0.391 e. The first-order chi connectivity index (χ1) is 19.1.